The molecule has 0 saturated heterocycles. The highest BCUT2D eigenvalue weighted by molar-refractivity contribution is 5.52. The van der Waals surface area contributed by atoms with Gasteiger partial charge < -0.3 is 10.6 Å². The summed E-state index contributed by atoms with van der Waals surface area (Å²) < 4.78 is 0. The Bertz CT molecular complexity index is 608. The minimum atomic E-state index is 0.201. The molecular formula is C19H26N2. The molecule has 0 heterocycles. The maximum atomic E-state index is 6.12. The molecule has 0 aliphatic carbocycles. The summed E-state index contributed by atoms with van der Waals surface area (Å²) >= 11 is 0. The first-order valence-electron chi connectivity index (χ1n) is 7.51. The van der Waals surface area contributed by atoms with E-state index in [2.05, 4.69) is 76.0 Å². The second kappa shape index (κ2) is 6.31. The van der Waals surface area contributed by atoms with Crippen molar-refractivity contribution in [1.29, 1.82) is 0 Å². The van der Waals surface area contributed by atoms with Crippen molar-refractivity contribution in [2.75, 3.05) is 18.5 Å². The van der Waals surface area contributed by atoms with E-state index in [-0.39, 0.29) is 6.04 Å². The monoisotopic (exact) mass is 282 g/mol. The van der Waals surface area contributed by atoms with Crippen molar-refractivity contribution < 1.29 is 0 Å². The van der Waals surface area contributed by atoms with Crippen LogP contribution in [0.15, 0.2) is 36.4 Å². The molecule has 0 saturated carbocycles. The van der Waals surface area contributed by atoms with Gasteiger partial charge in [0.2, 0.25) is 0 Å². The van der Waals surface area contributed by atoms with Crippen LogP contribution in [0.1, 0.15) is 33.9 Å². The molecule has 1 unspecified atom stereocenters. The normalized spacial score (nSPS) is 12.3. The third-order valence-corrected chi connectivity index (χ3v) is 4.17. The number of nitrogens with zero attached hydrogens (tertiary/aromatic N) is 1. The molecule has 2 rings (SSSR count). The van der Waals surface area contributed by atoms with E-state index in [4.69, 9.17) is 5.73 Å². The topological polar surface area (TPSA) is 29.3 Å². The molecule has 2 aromatic carbocycles. The number of hydrogen-bond donors (Lipinski definition) is 1. The van der Waals surface area contributed by atoms with E-state index in [1.165, 1.54) is 33.5 Å². The average molecular weight is 282 g/mol. The molecule has 2 N–H and O–H groups in total. The van der Waals surface area contributed by atoms with Gasteiger partial charge in [0.05, 0.1) is 6.04 Å². The molecular weight excluding hydrogens is 256 g/mol. The molecule has 0 radical (unpaired) electrons. The van der Waals surface area contributed by atoms with Gasteiger partial charge in [-0.3, -0.25) is 0 Å². The van der Waals surface area contributed by atoms with Gasteiger partial charge in [0.25, 0.3) is 0 Å². The summed E-state index contributed by atoms with van der Waals surface area (Å²) in [5, 5.41) is 0. The molecule has 21 heavy (non-hydrogen) atoms. The standard InChI is InChI=1S/C19H26N2/c1-13-7-6-8-17(11-13)21(5)18(12-20)19-15(3)9-14(2)10-16(19)4/h6-11,18H,12,20H2,1-5H3. The number of hydrogen-bond acceptors (Lipinski definition) is 2. The molecule has 0 spiro atoms. The highest BCUT2D eigenvalue weighted by Gasteiger charge is 2.20. The zero-order valence-corrected chi connectivity index (χ0v) is 13.8. The predicted molar refractivity (Wildman–Crippen MR) is 92.0 cm³/mol. The second-order valence-electron chi connectivity index (χ2n) is 6.01. The van der Waals surface area contributed by atoms with E-state index >= 15 is 0 Å². The van der Waals surface area contributed by atoms with Gasteiger partial charge in [-0.2, -0.15) is 0 Å². The van der Waals surface area contributed by atoms with Crippen LogP contribution in [-0.2, 0) is 0 Å². The Hall–Kier alpha value is -1.80. The first kappa shape index (κ1) is 15.6. The molecule has 0 aromatic heterocycles. The molecule has 2 nitrogen and oxygen atoms in total. The molecule has 0 amide bonds. The quantitative estimate of drug-likeness (QED) is 0.916. The summed E-state index contributed by atoms with van der Waals surface area (Å²) in [5.41, 5.74) is 13.9. The highest BCUT2D eigenvalue weighted by atomic mass is 15.1. The van der Waals surface area contributed by atoms with Crippen LogP contribution >= 0.6 is 0 Å². The van der Waals surface area contributed by atoms with Crippen molar-refractivity contribution in [1.82, 2.24) is 0 Å². The van der Waals surface area contributed by atoms with Crippen molar-refractivity contribution in [3.8, 4) is 0 Å². The number of benzene rings is 2. The summed E-state index contributed by atoms with van der Waals surface area (Å²) in [7, 11) is 2.13. The fourth-order valence-electron chi connectivity index (χ4n) is 3.21. The summed E-state index contributed by atoms with van der Waals surface area (Å²) in [6, 6.07) is 13.3. The molecule has 112 valence electrons. The fraction of sp³-hybridized carbons (Fsp3) is 0.368. The lowest BCUT2D eigenvalue weighted by molar-refractivity contribution is 0.672. The number of nitrogens with two attached hydrogens (primary N) is 1. The largest absolute Gasteiger partial charge is 0.366 e. The summed E-state index contributed by atoms with van der Waals surface area (Å²) in [4.78, 5) is 2.29. The molecule has 0 aliphatic heterocycles. The van der Waals surface area contributed by atoms with Crippen molar-refractivity contribution in [3.63, 3.8) is 0 Å². The van der Waals surface area contributed by atoms with Crippen molar-refractivity contribution >= 4 is 5.69 Å². The molecule has 0 aliphatic rings. The van der Waals surface area contributed by atoms with E-state index in [0.717, 1.165) is 0 Å². The number of likely N-dealkylation sites (N-methyl/N-ethyl adjacent to an activating group) is 1. The van der Waals surface area contributed by atoms with Crippen LogP contribution in [0.3, 0.4) is 0 Å². The summed E-state index contributed by atoms with van der Waals surface area (Å²) in [6.45, 7) is 9.24. The van der Waals surface area contributed by atoms with E-state index in [1.807, 2.05) is 0 Å². The summed E-state index contributed by atoms with van der Waals surface area (Å²) in [6.07, 6.45) is 0. The predicted octanol–water partition coefficient (Wildman–Crippen LogP) is 4.06. The lowest BCUT2D eigenvalue weighted by Crippen LogP contribution is -2.31. The van der Waals surface area contributed by atoms with Gasteiger partial charge in [-0.1, -0.05) is 29.8 Å². The summed E-state index contributed by atoms with van der Waals surface area (Å²) in [5.74, 6) is 0. The van der Waals surface area contributed by atoms with Gasteiger partial charge in [0.1, 0.15) is 0 Å². The van der Waals surface area contributed by atoms with E-state index < -0.39 is 0 Å². The maximum absolute atomic E-state index is 6.12. The molecule has 0 bridgehead atoms. The second-order valence-corrected chi connectivity index (χ2v) is 6.01. The number of rotatable bonds is 4. The molecule has 2 aromatic rings. The first-order chi connectivity index (χ1) is 9.93. The Kier molecular flexibility index (Phi) is 4.69. The lowest BCUT2D eigenvalue weighted by Gasteiger charge is -2.32. The molecule has 0 fully saturated rings. The highest BCUT2D eigenvalue weighted by Crippen LogP contribution is 2.30. The van der Waals surface area contributed by atoms with Gasteiger partial charge in [-0.15, -0.1) is 0 Å². The Labute approximate surface area is 128 Å². The van der Waals surface area contributed by atoms with Crippen molar-refractivity contribution in [2.45, 2.75) is 33.7 Å². The zero-order valence-electron chi connectivity index (χ0n) is 13.8. The smallest absolute Gasteiger partial charge is 0.0666 e. The minimum Gasteiger partial charge on any atom is -0.366 e. The van der Waals surface area contributed by atoms with E-state index in [9.17, 15) is 0 Å². The Morgan fingerprint density at radius 2 is 1.57 bits per heavy atom. The SMILES string of the molecule is Cc1cccc(N(C)C(CN)c2c(C)cc(C)cc2C)c1. The van der Waals surface area contributed by atoms with Crippen LogP contribution in [0, 0.1) is 27.7 Å². The van der Waals surface area contributed by atoms with Gasteiger partial charge in [0.15, 0.2) is 0 Å². The van der Waals surface area contributed by atoms with Crippen LogP contribution in [0.2, 0.25) is 0 Å². The zero-order chi connectivity index (χ0) is 15.6. The van der Waals surface area contributed by atoms with Crippen molar-refractivity contribution in [2.24, 2.45) is 5.73 Å². The van der Waals surface area contributed by atoms with Gasteiger partial charge in [-0.05, 0) is 62.1 Å². The fourth-order valence-corrected chi connectivity index (χ4v) is 3.21. The van der Waals surface area contributed by atoms with Crippen molar-refractivity contribution in [3.05, 3.63) is 64.2 Å². The average Bonchev–Trinajstić information content (AvgIpc) is 2.42. The van der Waals surface area contributed by atoms with Gasteiger partial charge in [0, 0.05) is 19.3 Å². The molecule has 1 atom stereocenters. The molecule has 2 heteroatoms. The Morgan fingerprint density at radius 3 is 2.10 bits per heavy atom. The van der Waals surface area contributed by atoms with Crippen LogP contribution in [-0.4, -0.2) is 13.6 Å². The van der Waals surface area contributed by atoms with Crippen LogP contribution in [0.5, 0.6) is 0 Å². The van der Waals surface area contributed by atoms with Crippen LogP contribution in [0.4, 0.5) is 5.69 Å². The lowest BCUT2D eigenvalue weighted by atomic mass is 9.93. The Morgan fingerprint density at radius 1 is 0.952 bits per heavy atom. The van der Waals surface area contributed by atoms with E-state index in [1.54, 1.807) is 0 Å². The Balaban J connectivity index is 2.45. The maximum Gasteiger partial charge on any atom is 0.0666 e. The van der Waals surface area contributed by atoms with Gasteiger partial charge >= 0.3 is 0 Å². The number of anilines is 1. The van der Waals surface area contributed by atoms with E-state index in [0.29, 0.717) is 6.54 Å². The first-order valence-corrected chi connectivity index (χ1v) is 7.51. The third kappa shape index (κ3) is 3.27. The van der Waals surface area contributed by atoms with Gasteiger partial charge in [-0.25, -0.2) is 0 Å². The third-order valence-electron chi connectivity index (χ3n) is 4.17. The van der Waals surface area contributed by atoms with Crippen LogP contribution < -0.4 is 10.6 Å². The number of aryl methyl sites for hydroxylation is 4. The minimum absolute atomic E-state index is 0.201. The van der Waals surface area contributed by atoms with Crippen LogP contribution in [0.25, 0.3) is 0 Å².